The molecule has 0 saturated carbocycles. The van der Waals surface area contributed by atoms with E-state index < -0.39 is 0 Å². The summed E-state index contributed by atoms with van der Waals surface area (Å²) < 4.78 is 12.2. The van der Waals surface area contributed by atoms with Crippen molar-refractivity contribution in [3.8, 4) is 68.3 Å². The number of pyridine rings is 7. The standard InChI is InChI=1S/C16H15N2.5C15H14N3/c1-12-14-8-4-3-7-13(14)11-17-16(12)15-9-5-6-10-18(15)2;1-11-13-6-8-16-10-12(13)4-5-14(11)15-17-7-3-9-18(15)2;1-11-13(15-17-7-3-9-18(15)2)5-4-12-6-8-16-10-14(11)12;1-11-12-5-3-8-16-14(12)7-6-13(11)15-17-9-4-10-18(15)2;1-11-13(15-17-9-4-10-18(15)2)7-6-12-5-3-8-16-14(11)12;1-11-12-6-3-4-7-14(12)17-10-13(11)15-16-8-5-9-18(15)2/h3-11H,1-2H3;5*3-10H,1-2H3/q6*+1. The molecular formula is C91H85N17+6. The summed E-state index contributed by atoms with van der Waals surface area (Å²) in [7, 11) is 12.1. The Balaban J connectivity index is 0.000000114. The third-order valence-corrected chi connectivity index (χ3v) is 19.5. The highest BCUT2D eigenvalue weighted by Crippen LogP contribution is 2.32. The highest BCUT2D eigenvalue weighted by atomic mass is 15.0. The smallest absolute Gasteiger partial charge is 0.264 e. The van der Waals surface area contributed by atoms with E-state index in [4.69, 9.17) is 0 Å². The summed E-state index contributed by atoms with van der Waals surface area (Å²) in [6.45, 7) is 12.7. The summed E-state index contributed by atoms with van der Waals surface area (Å²) in [5, 5.41) is 10.8. The monoisotopic (exact) mass is 1420 g/mol. The van der Waals surface area contributed by atoms with Crippen LogP contribution in [0, 0.1) is 41.5 Å². The van der Waals surface area contributed by atoms with E-state index in [0.717, 1.165) is 95.6 Å². The third-order valence-electron chi connectivity index (χ3n) is 19.5. The molecule has 18 rings (SSSR count). The van der Waals surface area contributed by atoms with Crippen LogP contribution < -0.4 is 27.4 Å². The molecule has 0 amide bonds. The summed E-state index contributed by atoms with van der Waals surface area (Å²) in [5.74, 6) is 4.83. The molecule has 0 aliphatic heterocycles. The lowest BCUT2D eigenvalue weighted by atomic mass is 10.0. The van der Waals surface area contributed by atoms with Gasteiger partial charge in [-0.05, 0) is 183 Å². The fraction of sp³-hybridized carbons (Fsp3) is 0.132. The van der Waals surface area contributed by atoms with Crippen LogP contribution in [0.5, 0.6) is 0 Å². The Morgan fingerprint density at radius 3 is 1.23 bits per heavy atom. The Kier molecular flexibility index (Phi) is 22.5. The molecule has 0 bridgehead atoms. The van der Waals surface area contributed by atoms with Gasteiger partial charge in [0, 0.05) is 124 Å². The van der Waals surface area contributed by atoms with Crippen molar-refractivity contribution in [2.24, 2.45) is 42.3 Å². The van der Waals surface area contributed by atoms with Crippen molar-refractivity contribution >= 4 is 65.0 Å². The number of fused-ring (bicyclic) bond motifs is 6. The molecule has 0 radical (unpaired) electrons. The van der Waals surface area contributed by atoms with Crippen molar-refractivity contribution in [1.82, 2.24) is 54.8 Å². The molecule has 12 heterocycles. The lowest BCUT2D eigenvalue weighted by Crippen LogP contribution is -2.31. The average Bonchev–Trinajstić information content (AvgIpc) is 0.826. The zero-order valence-corrected chi connectivity index (χ0v) is 62.9. The maximum absolute atomic E-state index is 4.62. The van der Waals surface area contributed by atoms with Crippen LogP contribution in [-0.2, 0) is 42.3 Å². The quantitative estimate of drug-likeness (QED) is 0.145. The van der Waals surface area contributed by atoms with Gasteiger partial charge in [-0.3, -0.25) is 24.9 Å². The van der Waals surface area contributed by atoms with E-state index in [-0.39, 0.29) is 0 Å². The number of para-hydroxylation sites is 1. The lowest BCUT2D eigenvalue weighted by Gasteiger charge is -2.06. The maximum Gasteiger partial charge on any atom is 0.331 e. The van der Waals surface area contributed by atoms with Crippen molar-refractivity contribution in [2.75, 3.05) is 0 Å². The minimum Gasteiger partial charge on any atom is -0.264 e. The summed E-state index contributed by atoms with van der Waals surface area (Å²) in [4.78, 5) is 48.6. The Labute approximate surface area is 629 Å². The molecule has 18 aromatic rings. The number of rotatable bonds is 6. The normalized spacial score (nSPS) is 10.8. The van der Waals surface area contributed by atoms with Gasteiger partial charge in [-0.25, -0.2) is 27.8 Å². The molecule has 0 spiro atoms. The van der Waals surface area contributed by atoms with Crippen LogP contribution in [0.25, 0.3) is 133 Å². The van der Waals surface area contributed by atoms with Gasteiger partial charge >= 0.3 is 29.1 Å². The molecule has 6 aromatic carbocycles. The molecule has 528 valence electrons. The second-order valence-electron chi connectivity index (χ2n) is 26.4. The van der Waals surface area contributed by atoms with Crippen LogP contribution in [0.15, 0.2) is 300 Å². The summed E-state index contributed by atoms with van der Waals surface area (Å²) in [6.07, 6.45) is 36.1. The van der Waals surface area contributed by atoms with E-state index in [9.17, 15) is 0 Å². The predicted molar refractivity (Wildman–Crippen MR) is 428 cm³/mol. The topological polar surface area (TPSA) is 165 Å². The first-order chi connectivity index (χ1) is 52.6. The Morgan fingerprint density at radius 2 is 0.630 bits per heavy atom. The van der Waals surface area contributed by atoms with E-state index in [0.29, 0.717) is 0 Å². The average molecular weight is 1420 g/mol. The number of hydrogen-bond donors (Lipinski definition) is 0. The predicted octanol–water partition coefficient (Wildman–Crippen LogP) is 15.2. The van der Waals surface area contributed by atoms with E-state index >= 15 is 0 Å². The Morgan fingerprint density at radius 1 is 0.222 bits per heavy atom. The third kappa shape index (κ3) is 15.9. The SMILES string of the molecule is Cc1c(-c2cccc[n+]2C)ncc2ccccc12.Cc1c(-c2nccc[n+]2C)ccc2cccnc12.Cc1c(-c2nccc[n+]2C)ccc2ccncc12.Cc1c(-c2nccc[n+]2C)ccc2cnccc12.Cc1c(-c2nccc[n+]2C)ccc2ncccc12.Cc1c(-c2nccc[n+]2C)cnc2ccccc12. The molecule has 0 saturated heterocycles. The van der Waals surface area contributed by atoms with E-state index in [1.165, 1.54) is 71.1 Å². The lowest BCUT2D eigenvalue weighted by molar-refractivity contribution is -0.663. The molecule has 0 aliphatic carbocycles. The largest absolute Gasteiger partial charge is 0.331 e. The fourth-order valence-corrected chi connectivity index (χ4v) is 13.5. The first kappa shape index (κ1) is 72.7. The zero-order valence-electron chi connectivity index (χ0n) is 62.9. The van der Waals surface area contributed by atoms with Crippen molar-refractivity contribution in [2.45, 2.75) is 41.5 Å². The molecular weight excluding hydrogens is 1330 g/mol. The molecule has 0 N–H and O–H groups in total. The number of hydrogen-bond acceptors (Lipinski definition) is 11. The van der Waals surface area contributed by atoms with Crippen molar-refractivity contribution in [3.05, 3.63) is 333 Å². The highest BCUT2D eigenvalue weighted by Gasteiger charge is 2.22. The van der Waals surface area contributed by atoms with Crippen molar-refractivity contribution < 1.29 is 27.4 Å². The molecule has 0 unspecified atom stereocenters. The highest BCUT2D eigenvalue weighted by molar-refractivity contribution is 5.93. The maximum atomic E-state index is 4.62. The first-order valence-electron chi connectivity index (χ1n) is 35.7. The van der Waals surface area contributed by atoms with Crippen LogP contribution in [0.4, 0.5) is 0 Å². The van der Waals surface area contributed by atoms with Crippen LogP contribution in [0.1, 0.15) is 33.4 Å². The molecule has 0 aliphatic rings. The molecule has 0 atom stereocenters. The molecule has 12 aromatic heterocycles. The van der Waals surface area contributed by atoms with Crippen molar-refractivity contribution in [3.63, 3.8) is 0 Å². The van der Waals surface area contributed by atoms with Crippen LogP contribution in [0.2, 0.25) is 0 Å². The second kappa shape index (κ2) is 33.4. The Bertz CT molecular complexity index is 5300. The molecule has 17 heteroatoms. The van der Waals surface area contributed by atoms with Crippen molar-refractivity contribution in [1.29, 1.82) is 0 Å². The Hall–Kier alpha value is -13.7. The van der Waals surface area contributed by atoms with Gasteiger partial charge in [0.05, 0.1) is 111 Å². The minimum absolute atomic E-state index is 0.938. The van der Waals surface area contributed by atoms with E-state index in [1.807, 2.05) is 274 Å². The van der Waals surface area contributed by atoms with Crippen LogP contribution in [-0.4, -0.2) is 54.8 Å². The summed E-state index contributed by atoms with van der Waals surface area (Å²) in [5.41, 5.74) is 18.3. The molecule has 108 heavy (non-hydrogen) atoms. The number of nitrogens with zero attached hydrogens (tertiary/aromatic N) is 17. The van der Waals surface area contributed by atoms with E-state index in [2.05, 4.69) is 192 Å². The summed E-state index contributed by atoms with van der Waals surface area (Å²) in [6, 6.07) is 61.4. The number of benzene rings is 6. The minimum atomic E-state index is 0.938. The first-order valence-corrected chi connectivity index (χ1v) is 35.7. The second-order valence-corrected chi connectivity index (χ2v) is 26.4. The van der Waals surface area contributed by atoms with Gasteiger partial charge in [0.2, 0.25) is 5.69 Å². The number of aryl methyl sites for hydroxylation is 12. The van der Waals surface area contributed by atoms with Gasteiger partial charge < -0.3 is 0 Å². The van der Waals surface area contributed by atoms with Gasteiger partial charge in [0.25, 0.3) is 0 Å². The van der Waals surface area contributed by atoms with Gasteiger partial charge in [0.15, 0.2) is 6.20 Å². The van der Waals surface area contributed by atoms with Gasteiger partial charge in [0.1, 0.15) is 43.7 Å². The van der Waals surface area contributed by atoms with Gasteiger partial charge in [-0.15, -0.1) is 0 Å². The van der Waals surface area contributed by atoms with Gasteiger partial charge in [-0.1, -0.05) is 72.8 Å². The molecule has 17 nitrogen and oxygen atoms in total. The molecule has 0 fully saturated rings. The van der Waals surface area contributed by atoms with Crippen LogP contribution in [0.3, 0.4) is 0 Å². The summed E-state index contributed by atoms with van der Waals surface area (Å²) >= 11 is 0. The van der Waals surface area contributed by atoms with Gasteiger partial charge in [-0.2, -0.15) is 4.57 Å². The van der Waals surface area contributed by atoms with Crippen LogP contribution >= 0.6 is 0 Å². The fourth-order valence-electron chi connectivity index (χ4n) is 13.5. The number of aromatic nitrogens is 17. The zero-order chi connectivity index (χ0) is 75.2. The van der Waals surface area contributed by atoms with E-state index in [1.54, 1.807) is 0 Å².